The molecule has 1 aromatic rings. The lowest BCUT2D eigenvalue weighted by Crippen LogP contribution is -1.83. The predicted molar refractivity (Wildman–Crippen MR) is 46.3 cm³/mol. The summed E-state index contributed by atoms with van der Waals surface area (Å²) >= 11 is 0. The molecule has 0 saturated carbocycles. The Kier molecular flexibility index (Phi) is 2.93. The number of nitrogens with two attached hydrogens (primary N) is 1. The number of anilines is 1. The van der Waals surface area contributed by atoms with E-state index >= 15 is 0 Å². The van der Waals surface area contributed by atoms with Gasteiger partial charge in [-0.3, -0.25) is 0 Å². The van der Waals surface area contributed by atoms with E-state index < -0.39 is 0 Å². The maximum absolute atomic E-state index is 5.48. The van der Waals surface area contributed by atoms with E-state index in [1.165, 1.54) is 0 Å². The first-order valence-corrected chi connectivity index (χ1v) is 3.39. The monoisotopic (exact) mass is 146 g/mol. The molecule has 2 nitrogen and oxygen atoms in total. The highest BCUT2D eigenvalue weighted by Crippen LogP contribution is 1.87. The first-order valence-electron chi connectivity index (χ1n) is 3.39. The van der Waals surface area contributed by atoms with Crippen LogP contribution in [0.4, 0.5) is 5.82 Å². The van der Waals surface area contributed by atoms with Gasteiger partial charge in [0, 0.05) is 6.20 Å². The molecule has 0 aliphatic heterocycles. The van der Waals surface area contributed by atoms with Crippen LogP contribution < -0.4 is 5.73 Å². The molecule has 2 heteroatoms. The highest BCUT2D eigenvalue weighted by atomic mass is 14.8. The van der Waals surface area contributed by atoms with Crippen LogP contribution in [0, 0.1) is 0 Å². The molecule has 0 radical (unpaired) electrons. The largest absolute Gasteiger partial charge is 0.384 e. The Bertz CT molecular complexity index is 245. The molecule has 0 aliphatic rings. The van der Waals surface area contributed by atoms with Crippen LogP contribution >= 0.6 is 0 Å². The van der Waals surface area contributed by atoms with Crippen LogP contribution in [0.3, 0.4) is 0 Å². The van der Waals surface area contributed by atoms with Crippen LogP contribution in [0.15, 0.2) is 48.7 Å². The average molecular weight is 146 g/mol. The van der Waals surface area contributed by atoms with Crippen molar-refractivity contribution in [1.82, 2.24) is 4.98 Å². The molecule has 1 rings (SSSR count). The zero-order chi connectivity index (χ0) is 7.94. The van der Waals surface area contributed by atoms with E-state index in [4.69, 9.17) is 5.73 Å². The molecule has 0 saturated heterocycles. The molecule has 2 N–H and O–H groups in total. The second-order valence-electron chi connectivity index (χ2n) is 2.02. The van der Waals surface area contributed by atoms with Gasteiger partial charge in [0.05, 0.1) is 0 Å². The van der Waals surface area contributed by atoms with E-state index in [0.29, 0.717) is 5.82 Å². The molecule has 0 aromatic carbocycles. The molecule has 1 heterocycles. The van der Waals surface area contributed by atoms with Crippen LogP contribution in [-0.2, 0) is 0 Å². The molecule has 0 aliphatic carbocycles. The quantitative estimate of drug-likeness (QED) is 0.606. The lowest BCUT2D eigenvalue weighted by Gasteiger charge is -1.80. The van der Waals surface area contributed by atoms with Crippen molar-refractivity contribution in [2.45, 2.75) is 0 Å². The minimum atomic E-state index is 0.515. The maximum Gasteiger partial charge on any atom is 0.123 e. The summed E-state index contributed by atoms with van der Waals surface area (Å²) in [6.07, 6.45) is 1.66. The Morgan fingerprint density at radius 1 is 0.909 bits per heavy atom. The minimum Gasteiger partial charge on any atom is -0.384 e. The first-order chi connectivity index (χ1) is 5.39. The highest BCUT2D eigenvalue weighted by Gasteiger charge is 1.71. The number of nitrogen functional groups attached to an aromatic ring is 1. The molecule has 11 heavy (non-hydrogen) atoms. The molecule has 0 amide bonds. The van der Waals surface area contributed by atoms with Crippen LogP contribution in [-0.4, -0.2) is 4.98 Å². The van der Waals surface area contributed by atoms with E-state index in [2.05, 4.69) is 4.98 Å². The van der Waals surface area contributed by atoms with Crippen molar-refractivity contribution in [2.75, 3.05) is 5.73 Å². The Labute approximate surface area is 66.0 Å². The Morgan fingerprint density at radius 3 is 2.36 bits per heavy atom. The van der Waals surface area contributed by atoms with Gasteiger partial charge in [-0.2, -0.15) is 0 Å². The van der Waals surface area contributed by atoms with E-state index in [1.807, 2.05) is 36.4 Å². The summed E-state index contributed by atoms with van der Waals surface area (Å²) in [6, 6.07) is 13.1. The third kappa shape index (κ3) is 3.20. The van der Waals surface area contributed by atoms with Gasteiger partial charge in [-0.1, -0.05) is 30.3 Å². The molecule has 0 atom stereocenters. The van der Waals surface area contributed by atoms with Gasteiger partial charge in [0.1, 0.15) is 5.82 Å². The van der Waals surface area contributed by atoms with Crippen LogP contribution in [0.25, 0.3) is 0 Å². The molecule has 1 aromatic heterocycles. The van der Waals surface area contributed by atoms with Gasteiger partial charge in [-0.05, 0) is 12.1 Å². The fraction of sp³-hybridized carbons (Fsp3) is 0. The summed E-state index contributed by atoms with van der Waals surface area (Å²) in [7, 11) is 0. The summed E-state index contributed by atoms with van der Waals surface area (Å²) < 4.78 is 0. The number of nitrogens with zero attached hydrogens (tertiary/aromatic N) is 1. The molecular weight excluding hydrogens is 136 g/mol. The minimum absolute atomic E-state index is 0.515. The number of hydrogen-bond acceptors (Lipinski definition) is 2. The molecule has 0 bridgehead atoms. The first kappa shape index (κ1) is 7.54. The topological polar surface area (TPSA) is 38.9 Å². The molecule has 56 valence electrons. The van der Waals surface area contributed by atoms with Crippen LogP contribution in [0.2, 0.25) is 0 Å². The van der Waals surface area contributed by atoms with Crippen molar-refractivity contribution in [2.24, 2.45) is 0 Å². The normalized spacial score (nSPS) is 8.36. The summed E-state index contributed by atoms with van der Waals surface area (Å²) in [5, 5.41) is 0. The van der Waals surface area contributed by atoms with Gasteiger partial charge in [0.2, 0.25) is 0 Å². The third-order valence-electron chi connectivity index (χ3n) is 1.13. The Morgan fingerprint density at radius 2 is 1.55 bits per heavy atom. The second kappa shape index (κ2) is 4.28. The summed E-state index contributed by atoms with van der Waals surface area (Å²) in [5.74, 6) is 0.515. The van der Waals surface area contributed by atoms with E-state index in [1.54, 1.807) is 12.3 Å². The highest BCUT2D eigenvalue weighted by molar-refractivity contribution is 5.23. The van der Waals surface area contributed by atoms with Crippen molar-refractivity contribution in [3.8, 4) is 0 Å². The Balaban J connectivity index is 3.11. The van der Waals surface area contributed by atoms with Crippen LogP contribution in [0.1, 0.15) is 0 Å². The van der Waals surface area contributed by atoms with E-state index in [9.17, 15) is 0 Å². The van der Waals surface area contributed by atoms with E-state index in [-0.39, 0.29) is 0 Å². The smallest absolute Gasteiger partial charge is 0.123 e. The van der Waals surface area contributed by atoms with Gasteiger partial charge in [0.15, 0.2) is 0 Å². The zero-order valence-corrected chi connectivity index (χ0v) is 6.14. The summed E-state index contributed by atoms with van der Waals surface area (Å²) in [5.41, 5.74) is 5.48. The predicted octanol–water partition coefficient (Wildman–Crippen LogP) is 1.79. The molecule has 0 unspecified atom stereocenters. The maximum atomic E-state index is 5.48. The standard InChI is InChI=1S/C9H10N2/c10-9-7-5-3-1-2-4-6-8-11-9/h1-8H,(H2,10,11). The van der Waals surface area contributed by atoms with Gasteiger partial charge < -0.3 is 5.73 Å². The van der Waals surface area contributed by atoms with Crippen molar-refractivity contribution in [3.05, 3.63) is 48.7 Å². The van der Waals surface area contributed by atoms with Crippen molar-refractivity contribution < 1.29 is 0 Å². The molecular formula is C9H10N2. The lowest BCUT2D eigenvalue weighted by atomic mass is 10.4. The van der Waals surface area contributed by atoms with Crippen molar-refractivity contribution in [1.29, 1.82) is 0 Å². The van der Waals surface area contributed by atoms with E-state index in [0.717, 1.165) is 0 Å². The number of rotatable bonds is 0. The average Bonchev–Trinajstić information content (AvgIpc) is 2.03. The van der Waals surface area contributed by atoms with Crippen LogP contribution in [0.5, 0.6) is 0 Å². The second-order valence-corrected chi connectivity index (χ2v) is 2.02. The fourth-order valence-corrected chi connectivity index (χ4v) is 0.633. The number of aromatic nitrogens is 1. The van der Waals surface area contributed by atoms with Gasteiger partial charge in [-0.15, -0.1) is 0 Å². The zero-order valence-electron chi connectivity index (χ0n) is 6.14. The number of hydrogen-bond donors (Lipinski definition) is 1. The summed E-state index contributed by atoms with van der Waals surface area (Å²) in [6.45, 7) is 0. The van der Waals surface area contributed by atoms with Gasteiger partial charge in [0.25, 0.3) is 0 Å². The van der Waals surface area contributed by atoms with Gasteiger partial charge in [-0.25, -0.2) is 4.98 Å². The molecule has 0 spiro atoms. The lowest BCUT2D eigenvalue weighted by molar-refractivity contribution is 1.36. The van der Waals surface area contributed by atoms with Crippen molar-refractivity contribution in [3.63, 3.8) is 0 Å². The van der Waals surface area contributed by atoms with Gasteiger partial charge >= 0.3 is 0 Å². The fourth-order valence-electron chi connectivity index (χ4n) is 0.633. The SMILES string of the molecule is Nc1ccccccccn1. The van der Waals surface area contributed by atoms with Crippen molar-refractivity contribution >= 4 is 5.82 Å². The molecule has 0 fully saturated rings. The summed E-state index contributed by atoms with van der Waals surface area (Å²) in [4.78, 5) is 3.93. The Hall–Kier alpha value is -1.57. The third-order valence-corrected chi connectivity index (χ3v) is 1.13.